The highest BCUT2D eigenvalue weighted by molar-refractivity contribution is 6.12. The molecule has 5 heteroatoms. The maximum Gasteiger partial charge on any atom is 0.180 e. The second kappa shape index (κ2) is 13.8. The third kappa shape index (κ3) is 5.55. The molecule has 0 spiro atoms. The molecule has 7 aromatic carbocycles. The molecule has 11 rings (SSSR count). The van der Waals surface area contributed by atoms with Gasteiger partial charge in [-0.25, -0.2) is 9.97 Å². The molecule has 5 nitrogen and oxygen atoms in total. The molecule has 0 aliphatic carbocycles. The van der Waals surface area contributed by atoms with Gasteiger partial charge in [0, 0.05) is 43.9 Å². The summed E-state index contributed by atoms with van der Waals surface area (Å²) in [6, 6.07) is 62.9. The Kier molecular flexibility index (Phi) is 7.97. The van der Waals surface area contributed by atoms with E-state index in [0.29, 0.717) is 11.4 Å². The molecule has 0 unspecified atom stereocenters. The first kappa shape index (κ1) is 33.6. The van der Waals surface area contributed by atoms with Gasteiger partial charge >= 0.3 is 0 Å². The van der Waals surface area contributed by atoms with E-state index in [1.54, 1.807) is 0 Å². The number of aromatic nitrogens is 3. The lowest BCUT2D eigenvalue weighted by Gasteiger charge is -2.10. The first-order valence-electron chi connectivity index (χ1n) is 19.5. The third-order valence-electron chi connectivity index (χ3n) is 11.1. The summed E-state index contributed by atoms with van der Waals surface area (Å²) in [5, 5.41) is 4.24. The van der Waals surface area contributed by atoms with Crippen LogP contribution in [0.2, 0.25) is 0 Å². The Bertz CT molecular complexity index is 3390. The van der Waals surface area contributed by atoms with Crippen LogP contribution in [0.5, 0.6) is 0 Å². The molecule has 11 aromatic rings. The summed E-state index contributed by atoms with van der Waals surface area (Å²) in [6.07, 6.45) is 4.36. The minimum Gasteiger partial charge on any atom is -0.456 e. The van der Waals surface area contributed by atoms with Crippen molar-refractivity contribution < 1.29 is 8.83 Å². The van der Waals surface area contributed by atoms with Gasteiger partial charge in [-0.15, -0.1) is 0 Å². The van der Waals surface area contributed by atoms with Gasteiger partial charge in [-0.2, -0.15) is 0 Å². The van der Waals surface area contributed by atoms with E-state index >= 15 is 0 Å². The van der Waals surface area contributed by atoms with Gasteiger partial charge in [0.05, 0.1) is 11.0 Å². The van der Waals surface area contributed by atoms with Crippen LogP contribution in [0.15, 0.2) is 203 Å². The number of benzene rings is 7. The van der Waals surface area contributed by atoms with Crippen LogP contribution in [0, 0.1) is 0 Å². The molecule has 0 radical (unpaired) electrons. The van der Waals surface area contributed by atoms with Crippen molar-refractivity contribution in [1.29, 1.82) is 0 Å². The largest absolute Gasteiger partial charge is 0.456 e. The second-order valence-electron chi connectivity index (χ2n) is 14.5. The zero-order valence-corrected chi connectivity index (χ0v) is 31.6. The first-order valence-corrected chi connectivity index (χ1v) is 19.5. The molecule has 0 N–H and O–H groups in total. The quantitative estimate of drug-likeness (QED) is 0.152. The minimum atomic E-state index is 0.597. The average molecular weight is 746 g/mol. The summed E-state index contributed by atoms with van der Waals surface area (Å²) >= 11 is 0. The van der Waals surface area contributed by atoms with Crippen molar-refractivity contribution in [3.05, 3.63) is 211 Å². The number of rotatable bonds is 7. The van der Waals surface area contributed by atoms with E-state index in [2.05, 4.69) is 163 Å². The SMILES string of the molecule is C/C=C(\C=C(\c1ccccc1)c1cc2c(-c3nc(-c4ccc5c6ccccc6n(-c6ccccc6)c5c4)c4oc5ccccc5c4n3)cccc2o1)c1ccccc1. The molecule has 4 heterocycles. The van der Waals surface area contributed by atoms with Crippen LogP contribution >= 0.6 is 0 Å². The topological polar surface area (TPSA) is 57.0 Å². The Morgan fingerprint density at radius 1 is 0.534 bits per heavy atom. The van der Waals surface area contributed by atoms with Crippen LogP contribution in [0.3, 0.4) is 0 Å². The minimum absolute atomic E-state index is 0.597. The fourth-order valence-electron chi connectivity index (χ4n) is 8.30. The lowest BCUT2D eigenvalue weighted by atomic mass is 9.96. The molecule has 58 heavy (non-hydrogen) atoms. The lowest BCUT2D eigenvalue weighted by molar-refractivity contribution is 0.600. The number of nitrogens with zero attached hydrogens (tertiary/aromatic N) is 3. The Morgan fingerprint density at radius 2 is 1.19 bits per heavy atom. The van der Waals surface area contributed by atoms with E-state index < -0.39 is 0 Å². The summed E-state index contributed by atoms with van der Waals surface area (Å²) in [4.78, 5) is 10.7. The van der Waals surface area contributed by atoms with Crippen LogP contribution in [0.1, 0.15) is 23.8 Å². The van der Waals surface area contributed by atoms with Gasteiger partial charge in [0.25, 0.3) is 0 Å². The van der Waals surface area contributed by atoms with Crippen molar-refractivity contribution in [1.82, 2.24) is 14.5 Å². The fraction of sp³-hybridized carbons (Fsp3) is 0.0189. The average Bonchev–Trinajstić information content (AvgIpc) is 3.99. The molecular formula is C53H35N3O2. The maximum atomic E-state index is 6.75. The molecule has 0 fully saturated rings. The van der Waals surface area contributed by atoms with Crippen LogP contribution in [0.4, 0.5) is 0 Å². The predicted molar refractivity (Wildman–Crippen MR) is 238 cm³/mol. The maximum absolute atomic E-state index is 6.75. The normalized spacial score (nSPS) is 12.4. The van der Waals surface area contributed by atoms with Crippen LogP contribution in [0.25, 0.3) is 94.3 Å². The van der Waals surface area contributed by atoms with Crippen molar-refractivity contribution >= 4 is 66.0 Å². The zero-order chi connectivity index (χ0) is 38.6. The molecule has 0 atom stereocenters. The molecular weight excluding hydrogens is 711 g/mol. The van der Waals surface area contributed by atoms with Gasteiger partial charge in [-0.05, 0) is 78.2 Å². The molecule has 0 saturated carbocycles. The van der Waals surface area contributed by atoms with E-state index in [-0.39, 0.29) is 0 Å². The number of allylic oxidation sites excluding steroid dienone is 3. The van der Waals surface area contributed by atoms with Crippen molar-refractivity contribution in [3.8, 4) is 28.3 Å². The van der Waals surface area contributed by atoms with Crippen LogP contribution in [-0.4, -0.2) is 14.5 Å². The monoisotopic (exact) mass is 745 g/mol. The number of fused-ring (bicyclic) bond motifs is 7. The van der Waals surface area contributed by atoms with Gasteiger partial charge in [0.1, 0.15) is 28.1 Å². The Labute approximate surface area is 334 Å². The van der Waals surface area contributed by atoms with E-state index in [1.807, 2.05) is 42.5 Å². The molecule has 0 aliphatic rings. The van der Waals surface area contributed by atoms with E-state index in [9.17, 15) is 0 Å². The van der Waals surface area contributed by atoms with Gasteiger partial charge in [0.15, 0.2) is 11.4 Å². The summed E-state index contributed by atoms with van der Waals surface area (Å²) in [6.45, 7) is 2.07. The smallest absolute Gasteiger partial charge is 0.180 e. The van der Waals surface area contributed by atoms with Crippen molar-refractivity contribution in [2.45, 2.75) is 6.92 Å². The number of furan rings is 2. The first-order chi connectivity index (χ1) is 28.7. The molecule has 0 aliphatic heterocycles. The van der Waals surface area contributed by atoms with Crippen LogP contribution in [-0.2, 0) is 0 Å². The molecule has 0 saturated heterocycles. The summed E-state index contributed by atoms with van der Waals surface area (Å²) < 4.78 is 15.7. The van der Waals surface area contributed by atoms with Crippen molar-refractivity contribution in [2.75, 3.05) is 0 Å². The fourth-order valence-corrected chi connectivity index (χ4v) is 8.30. The van der Waals surface area contributed by atoms with Gasteiger partial charge in [0.2, 0.25) is 0 Å². The molecule has 0 bridgehead atoms. The highest BCUT2D eigenvalue weighted by Gasteiger charge is 2.22. The van der Waals surface area contributed by atoms with Crippen LogP contribution < -0.4 is 0 Å². The zero-order valence-electron chi connectivity index (χ0n) is 31.6. The van der Waals surface area contributed by atoms with E-state index in [0.717, 1.165) is 89.0 Å². The Morgan fingerprint density at radius 3 is 1.98 bits per heavy atom. The summed E-state index contributed by atoms with van der Waals surface area (Å²) in [5.74, 6) is 1.36. The summed E-state index contributed by atoms with van der Waals surface area (Å²) in [7, 11) is 0. The van der Waals surface area contributed by atoms with Crippen molar-refractivity contribution in [2.24, 2.45) is 0 Å². The van der Waals surface area contributed by atoms with E-state index in [1.165, 1.54) is 10.8 Å². The summed E-state index contributed by atoms with van der Waals surface area (Å²) in [5.41, 5.74) is 13.1. The number of para-hydroxylation sites is 3. The molecule has 274 valence electrons. The Hall–Kier alpha value is -7.76. The third-order valence-corrected chi connectivity index (χ3v) is 11.1. The Balaban J connectivity index is 1.13. The molecule has 4 aromatic heterocycles. The highest BCUT2D eigenvalue weighted by Crippen LogP contribution is 2.41. The number of hydrogen-bond acceptors (Lipinski definition) is 4. The van der Waals surface area contributed by atoms with Gasteiger partial charge in [-0.1, -0.05) is 140 Å². The van der Waals surface area contributed by atoms with Crippen molar-refractivity contribution in [3.63, 3.8) is 0 Å². The predicted octanol–water partition coefficient (Wildman–Crippen LogP) is 14.1. The second-order valence-corrected chi connectivity index (χ2v) is 14.5. The van der Waals surface area contributed by atoms with E-state index in [4.69, 9.17) is 18.8 Å². The number of hydrogen-bond donors (Lipinski definition) is 0. The standard InChI is InChI=1S/C53H35N3O2/c1-2-34(35-17-6-3-7-18-35)31-43(36-19-8-4-9-20-36)49-33-44-41(25-16-28-48(44)57-49)53-54-50(52-51(55-53)42-24-13-15-27-47(42)58-52)37-29-30-40-39-23-12-14-26-45(39)56(46(40)32-37)38-21-10-5-11-22-38/h2-33H,1H3/b34-2+,43-31-. The van der Waals surface area contributed by atoms with Gasteiger partial charge < -0.3 is 13.4 Å². The van der Waals surface area contributed by atoms with Gasteiger partial charge in [-0.3, -0.25) is 0 Å². The lowest BCUT2D eigenvalue weighted by Crippen LogP contribution is -1.96. The molecule has 0 amide bonds. The highest BCUT2D eigenvalue weighted by atomic mass is 16.3.